The number of likely N-dealkylation sites (N-methyl/N-ethyl adjacent to an activating group) is 1. The highest BCUT2D eigenvalue weighted by molar-refractivity contribution is 5.98. The largest absolute Gasteiger partial charge is 0.493 e. The Labute approximate surface area is 210 Å². The molecule has 2 aromatic rings. The minimum atomic E-state index is -0.537. The number of fused-ring (bicyclic) bond motifs is 3. The van der Waals surface area contributed by atoms with Crippen molar-refractivity contribution in [1.82, 2.24) is 9.80 Å². The molecule has 0 spiro atoms. The van der Waals surface area contributed by atoms with E-state index in [0.717, 1.165) is 55.0 Å². The second-order valence-electron chi connectivity index (χ2n) is 9.72. The van der Waals surface area contributed by atoms with Crippen molar-refractivity contribution in [2.24, 2.45) is 0 Å². The summed E-state index contributed by atoms with van der Waals surface area (Å²) in [4.78, 5) is 17.9. The lowest BCUT2D eigenvalue weighted by Gasteiger charge is -2.39. The summed E-state index contributed by atoms with van der Waals surface area (Å²) in [6, 6.07) is 3.46. The van der Waals surface area contributed by atoms with E-state index in [9.17, 15) is 4.79 Å². The molecule has 0 unspecified atom stereocenters. The number of carbonyl (C=O) groups excluding carboxylic acids is 1. The first-order chi connectivity index (χ1) is 17.6. The molecule has 0 aliphatic carbocycles. The lowest BCUT2D eigenvalue weighted by atomic mass is 9.83. The molecule has 9 nitrogen and oxygen atoms in total. The number of ether oxygens (including phenoxy) is 6. The maximum atomic E-state index is 13.2. The summed E-state index contributed by atoms with van der Waals surface area (Å²) in [6.45, 7) is 3.94. The molecule has 0 amide bonds. The highest BCUT2D eigenvalue weighted by atomic mass is 16.7. The highest BCUT2D eigenvalue weighted by Crippen LogP contribution is 2.57. The van der Waals surface area contributed by atoms with Gasteiger partial charge in [-0.05, 0) is 51.0 Å². The molecule has 1 fully saturated rings. The van der Waals surface area contributed by atoms with Crippen LogP contribution in [0.15, 0.2) is 12.1 Å². The smallest absolute Gasteiger partial charge is 0.343 e. The molecule has 4 aliphatic rings. The number of likely N-dealkylation sites (tertiary alicyclic amines) is 1. The standard InChI is InChI=1S/C27H32N2O7/c1-28-12-9-15-17(13-29-10-5-6-11-29)23-26(35-14-34-23)25(33-4)19(15)21(28)22-16-7-8-18(31-2)24(32-3)20(16)27(30)36-22/h7-8,21-22H,5-6,9-14H2,1-4H3/t21-,22+/m1/s1. The minimum absolute atomic E-state index is 0.167. The first-order valence-electron chi connectivity index (χ1n) is 12.5. The number of hydrogen-bond donors (Lipinski definition) is 0. The third-order valence-corrected chi connectivity index (χ3v) is 7.91. The van der Waals surface area contributed by atoms with E-state index in [1.807, 2.05) is 12.1 Å². The lowest BCUT2D eigenvalue weighted by molar-refractivity contribution is 0.00866. The first-order valence-corrected chi connectivity index (χ1v) is 12.5. The van der Waals surface area contributed by atoms with Gasteiger partial charge >= 0.3 is 5.97 Å². The van der Waals surface area contributed by atoms with Crippen LogP contribution in [0, 0.1) is 0 Å². The molecular weight excluding hydrogens is 464 g/mol. The Morgan fingerprint density at radius 3 is 2.44 bits per heavy atom. The van der Waals surface area contributed by atoms with E-state index in [2.05, 4.69) is 16.8 Å². The highest BCUT2D eigenvalue weighted by Gasteiger charge is 2.47. The molecule has 36 heavy (non-hydrogen) atoms. The van der Waals surface area contributed by atoms with Crippen molar-refractivity contribution < 1.29 is 33.2 Å². The van der Waals surface area contributed by atoms with E-state index >= 15 is 0 Å². The molecule has 4 heterocycles. The fourth-order valence-electron chi connectivity index (χ4n) is 6.26. The summed E-state index contributed by atoms with van der Waals surface area (Å²) in [5.41, 5.74) is 4.57. The van der Waals surface area contributed by atoms with Gasteiger partial charge in [-0.3, -0.25) is 9.80 Å². The fraction of sp³-hybridized carbons (Fsp3) is 0.519. The van der Waals surface area contributed by atoms with E-state index < -0.39 is 12.1 Å². The van der Waals surface area contributed by atoms with Crippen LogP contribution >= 0.6 is 0 Å². The summed E-state index contributed by atoms with van der Waals surface area (Å²) in [5.74, 6) is 2.57. The Bertz CT molecular complexity index is 1210. The lowest BCUT2D eigenvalue weighted by Crippen LogP contribution is -2.37. The Kier molecular flexibility index (Phi) is 5.84. The summed E-state index contributed by atoms with van der Waals surface area (Å²) in [5, 5.41) is 0. The van der Waals surface area contributed by atoms with Crippen molar-refractivity contribution in [2.45, 2.75) is 38.0 Å². The van der Waals surface area contributed by atoms with Crippen LogP contribution in [-0.4, -0.2) is 70.6 Å². The normalized spacial score (nSPS) is 22.8. The quantitative estimate of drug-likeness (QED) is 0.559. The summed E-state index contributed by atoms with van der Waals surface area (Å²) in [6.07, 6.45) is 2.73. The number of benzene rings is 2. The van der Waals surface area contributed by atoms with Crippen molar-refractivity contribution in [3.63, 3.8) is 0 Å². The van der Waals surface area contributed by atoms with Crippen LogP contribution < -0.4 is 23.7 Å². The molecule has 2 atom stereocenters. The van der Waals surface area contributed by atoms with Crippen LogP contribution in [0.1, 0.15) is 57.6 Å². The van der Waals surface area contributed by atoms with Gasteiger partial charge in [0, 0.05) is 29.8 Å². The number of methoxy groups -OCH3 is 3. The zero-order chi connectivity index (χ0) is 25.0. The zero-order valence-electron chi connectivity index (χ0n) is 21.2. The number of carbonyl (C=O) groups is 1. The molecule has 192 valence electrons. The van der Waals surface area contributed by atoms with Crippen molar-refractivity contribution in [1.29, 1.82) is 0 Å². The van der Waals surface area contributed by atoms with E-state index in [0.29, 0.717) is 28.6 Å². The van der Waals surface area contributed by atoms with Crippen molar-refractivity contribution in [3.05, 3.63) is 39.9 Å². The topological polar surface area (TPSA) is 78.9 Å². The minimum Gasteiger partial charge on any atom is -0.493 e. The van der Waals surface area contributed by atoms with Crippen molar-refractivity contribution >= 4 is 5.97 Å². The SMILES string of the molecule is COc1ccc2c(c1OC)C(=O)O[C@@H]2[C@H]1c2c(c(CN3CCCC3)c3c(c2OC)OCO3)CCN1C. The van der Waals surface area contributed by atoms with Crippen molar-refractivity contribution in [3.8, 4) is 28.7 Å². The number of nitrogens with zero attached hydrogens (tertiary/aromatic N) is 2. The Balaban J connectivity index is 1.52. The van der Waals surface area contributed by atoms with Gasteiger partial charge in [-0.1, -0.05) is 6.07 Å². The Morgan fingerprint density at radius 2 is 1.72 bits per heavy atom. The molecule has 9 heteroatoms. The van der Waals surface area contributed by atoms with Crippen LogP contribution in [0.3, 0.4) is 0 Å². The third-order valence-electron chi connectivity index (χ3n) is 7.91. The monoisotopic (exact) mass is 496 g/mol. The van der Waals surface area contributed by atoms with Gasteiger partial charge < -0.3 is 28.4 Å². The summed E-state index contributed by atoms with van der Waals surface area (Å²) < 4.78 is 35.0. The van der Waals surface area contributed by atoms with Gasteiger partial charge in [-0.2, -0.15) is 0 Å². The molecule has 4 aliphatic heterocycles. The molecule has 6 rings (SSSR count). The predicted molar refractivity (Wildman–Crippen MR) is 130 cm³/mol. The van der Waals surface area contributed by atoms with E-state index in [1.54, 1.807) is 14.2 Å². The van der Waals surface area contributed by atoms with Gasteiger partial charge in [0.05, 0.1) is 27.4 Å². The Morgan fingerprint density at radius 1 is 0.972 bits per heavy atom. The first kappa shape index (κ1) is 23.2. The Hall–Kier alpha value is -3.17. The predicted octanol–water partition coefficient (Wildman–Crippen LogP) is 3.48. The van der Waals surface area contributed by atoms with E-state index in [-0.39, 0.29) is 12.8 Å². The fourth-order valence-corrected chi connectivity index (χ4v) is 6.26. The van der Waals surface area contributed by atoms with Gasteiger partial charge in [-0.25, -0.2) is 4.79 Å². The van der Waals surface area contributed by atoms with E-state index in [1.165, 1.54) is 25.5 Å². The molecule has 0 bridgehead atoms. The maximum Gasteiger partial charge on any atom is 0.343 e. The van der Waals surface area contributed by atoms with Crippen LogP contribution in [0.2, 0.25) is 0 Å². The number of hydrogen-bond acceptors (Lipinski definition) is 9. The molecule has 0 aromatic heterocycles. The third kappa shape index (κ3) is 3.40. The average Bonchev–Trinajstić information content (AvgIpc) is 3.64. The molecule has 0 saturated carbocycles. The van der Waals surface area contributed by atoms with Crippen LogP contribution in [-0.2, 0) is 17.7 Å². The molecule has 2 aromatic carbocycles. The van der Waals surface area contributed by atoms with E-state index in [4.69, 9.17) is 28.4 Å². The second-order valence-corrected chi connectivity index (χ2v) is 9.72. The van der Waals surface area contributed by atoms with Gasteiger partial charge in [-0.15, -0.1) is 0 Å². The number of cyclic esters (lactones) is 1. The van der Waals surface area contributed by atoms with Crippen LogP contribution in [0.25, 0.3) is 0 Å². The molecule has 1 saturated heterocycles. The number of rotatable bonds is 6. The average molecular weight is 497 g/mol. The molecule has 0 N–H and O–H groups in total. The van der Waals surface area contributed by atoms with Crippen LogP contribution in [0.5, 0.6) is 28.7 Å². The van der Waals surface area contributed by atoms with Gasteiger partial charge in [0.25, 0.3) is 0 Å². The molecule has 0 radical (unpaired) electrons. The van der Waals surface area contributed by atoms with Crippen molar-refractivity contribution in [2.75, 3.05) is 54.8 Å². The van der Waals surface area contributed by atoms with Gasteiger partial charge in [0.15, 0.2) is 23.0 Å². The summed E-state index contributed by atoms with van der Waals surface area (Å²) in [7, 11) is 6.81. The van der Waals surface area contributed by atoms with Crippen LogP contribution in [0.4, 0.5) is 0 Å². The maximum absolute atomic E-state index is 13.2. The second kappa shape index (κ2) is 9.05. The molecular formula is C27H32N2O7. The van der Waals surface area contributed by atoms with Gasteiger partial charge in [0.2, 0.25) is 12.5 Å². The summed E-state index contributed by atoms with van der Waals surface area (Å²) >= 11 is 0. The van der Waals surface area contributed by atoms with Gasteiger partial charge in [0.1, 0.15) is 11.7 Å². The zero-order valence-corrected chi connectivity index (χ0v) is 21.2. The number of esters is 1.